The Kier molecular flexibility index (Phi) is 4.56. The first-order valence-electron chi connectivity index (χ1n) is 10.4. The van der Waals surface area contributed by atoms with Crippen molar-refractivity contribution in [2.24, 2.45) is 7.05 Å². The second-order valence-electron chi connectivity index (χ2n) is 8.23. The Morgan fingerprint density at radius 2 is 1.91 bits per heavy atom. The van der Waals surface area contributed by atoms with Gasteiger partial charge in [-0.15, -0.1) is 0 Å². The summed E-state index contributed by atoms with van der Waals surface area (Å²) < 4.78 is 5.95. The molecule has 0 amide bonds. The maximum Gasteiger partial charge on any atom is 0.0999 e. The first-order chi connectivity index (χ1) is 15.5. The fourth-order valence-electron chi connectivity index (χ4n) is 4.15. The van der Waals surface area contributed by atoms with Gasteiger partial charge in [-0.1, -0.05) is 19.9 Å². The van der Waals surface area contributed by atoms with Crippen LogP contribution in [0.1, 0.15) is 30.9 Å². The number of hydrogen-bond acceptors (Lipinski definition) is 4. The second-order valence-corrected chi connectivity index (χ2v) is 8.23. The molecule has 0 fully saturated rings. The van der Waals surface area contributed by atoms with Crippen molar-refractivity contribution in [3.8, 4) is 28.7 Å². The predicted molar refractivity (Wildman–Crippen MR) is 126 cm³/mol. The molecule has 5 aromatic rings. The first-order valence-corrected chi connectivity index (χ1v) is 10.4. The quantitative estimate of drug-likeness (QED) is 0.422. The van der Waals surface area contributed by atoms with Crippen LogP contribution in [-0.4, -0.2) is 23.9 Å². The molecule has 0 aliphatic carbocycles. The van der Waals surface area contributed by atoms with Crippen molar-refractivity contribution < 1.29 is 0 Å². The molecule has 2 aromatic carbocycles. The predicted octanol–water partition coefficient (Wildman–Crippen LogP) is 4.79. The van der Waals surface area contributed by atoms with Crippen molar-refractivity contribution >= 4 is 16.6 Å². The highest BCUT2D eigenvalue weighted by atomic mass is 15.2. The van der Waals surface area contributed by atoms with E-state index < -0.39 is 0 Å². The van der Waals surface area contributed by atoms with E-state index in [0.29, 0.717) is 17.2 Å². The number of aromatic nitrogens is 5. The molecule has 158 valence electrons. The van der Waals surface area contributed by atoms with E-state index >= 15 is 0 Å². The monoisotopic (exact) mass is 421 g/mol. The molecule has 0 atom stereocenters. The van der Waals surface area contributed by atoms with E-state index in [1.54, 1.807) is 16.8 Å². The van der Waals surface area contributed by atoms with Gasteiger partial charge in [0.1, 0.15) is 0 Å². The van der Waals surface area contributed by atoms with Crippen molar-refractivity contribution in [1.29, 1.82) is 5.26 Å². The highest BCUT2D eigenvalue weighted by Crippen LogP contribution is 2.36. The largest absolute Gasteiger partial charge is 0.397 e. The lowest BCUT2D eigenvalue weighted by Crippen LogP contribution is -1.99. The summed E-state index contributed by atoms with van der Waals surface area (Å²) in [5, 5.41) is 14.6. The Bertz CT molecular complexity index is 1490. The Morgan fingerprint density at radius 3 is 2.59 bits per heavy atom. The van der Waals surface area contributed by atoms with E-state index in [0.717, 1.165) is 33.5 Å². The highest BCUT2D eigenvalue weighted by molar-refractivity contribution is 5.94. The van der Waals surface area contributed by atoms with Gasteiger partial charge in [-0.25, -0.2) is 4.98 Å². The van der Waals surface area contributed by atoms with Gasteiger partial charge in [-0.2, -0.15) is 10.4 Å². The first kappa shape index (κ1) is 19.6. The number of aryl methyl sites for hydroxylation is 1. The lowest BCUT2D eigenvalue weighted by Gasteiger charge is -2.11. The molecule has 32 heavy (non-hydrogen) atoms. The third kappa shape index (κ3) is 3.13. The van der Waals surface area contributed by atoms with Crippen LogP contribution in [0.2, 0.25) is 0 Å². The van der Waals surface area contributed by atoms with Crippen molar-refractivity contribution in [1.82, 2.24) is 23.9 Å². The molecular formula is C25H23N7. The fourth-order valence-corrected chi connectivity index (χ4v) is 4.15. The van der Waals surface area contributed by atoms with Crippen LogP contribution in [0.4, 0.5) is 5.69 Å². The number of nitrogen functional groups attached to an aromatic ring is 1. The minimum absolute atomic E-state index is 0.306. The molecule has 3 heterocycles. The number of nitrogens with two attached hydrogens (primary N) is 1. The van der Waals surface area contributed by atoms with Crippen LogP contribution in [-0.2, 0) is 7.05 Å². The van der Waals surface area contributed by atoms with E-state index in [1.165, 1.54) is 5.56 Å². The van der Waals surface area contributed by atoms with Crippen molar-refractivity contribution in [2.45, 2.75) is 19.8 Å². The summed E-state index contributed by atoms with van der Waals surface area (Å²) in [4.78, 5) is 4.61. The van der Waals surface area contributed by atoms with E-state index in [1.807, 2.05) is 44.1 Å². The van der Waals surface area contributed by atoms with E-state index in [2.05, 4.69) is 57.5 Å². The van der Waals surface area contributed by atoms with Gasteiger partial charge in [0.05, 0.1) is 52.4 Å². The molecule has 0 unspecified atom stereocenters. The minimum atomic E-state index is 0.306. The molecule has 7 nitrogen and oxygen atoms in total. The molecular weight excluding hydrogens is 398 g/mol. The molecule has 0 radical (unpaired) electrons. The minimum Gasteiger partial charge on any atom is -0.397 e. The summed E-state index contributed by atoms with van der Waals surface area (Å²) in [6.07, 6.45) is 9.79. The lowest BCUT2D eigenvalue weighted by molar-refractivity contribution is 0.768. The Morgan fingerprint density at radius 1 is 1.06 bits per heavy atom. The molecule has 0 saturated heterocycles. The third-order valence-corrected chi connectivity index (χ3v) is 5.74. The summed E-state index contributed by atoms with van der Waals surface area (Å²) in [6.45, 7) is 4.38. The average molecular weight is 422 g/mol. The van der Waals surface area contributed by atoms with Crippen LogP contribution in [0.5, 0.6) is 0 Å². The van der Waals surface area contributed by atoms with Gasteiger partial charge in [0.15, 0.2) is 0 Å². The molecule has 0 bridgehead atoms. The molecule has 7 heteroatoms. The van der Waals surface area contributed by atoms with Crippen LogP contribution in [0.3, 0.4) is 0 Å². The zero-order valence-electron chi connectivity index (χ0n) is 18.2. The molecule has 0 spiro atoms. The van der Waals surface area contributed by atoms with Gasteiger partial charge in [0.25, 0.3) is 0 Å². The maximum atomic E-state index is 9.19. The molecule has 0 aliphatic heterocycles. The normalized spacial score (nSPS) is 11.3. The Hall–Kier alpha value is -4.31. The summed E-state index contributed by atoms with van der Waals surface area (Å²) in [7, 11) is 1.90. The number of hydrogen-bond donors (Lipinski definition) is 1. The van der Waals surface area contributed by atoms with Crippen LogP contribution in [0, 0.1) is 11.3 Å². The smallest absolute Gasteiger partial charge is 0.0999 e. The van der Waals surface area contributed by atoms with Crippen LogP contribution < -0.4 is 5.73 Å². The number of nitriles is 1. The lowest BCUT2D eigenvalue weighted by atomic mass is 10.0. The van der Waals surface area contributed by atoms with Gasteiger partial charge in [0, 0.05) is 36.6 Å². The summed E-state index contributed by atoms with van der Waals surface area (Å²) in [5.74, 6) is 0.306. The molecule has 2 N–H and O–H groups in total. The van der Waals surface area contributed by atoms with Crippen LogP contribution in [0.25, 0.3) is 33.5 Å². The summed E-state index contributed by atoms with van der Waals surface area (Å²) >= 11 is 0. The number of nitrogens with zero attached hydrogens (tertiary/aromatic N) is 6. The van der Waals surface area contributed by atoms with Crippen molar-refractivity contribution in [2.75, 3.05) is 5.73 Å². The highest BCUT2D eigenvalue weighted by Gasteiger charge is 2.18. The standard InChI is InChI=1S/C25H23N7/c1-16(2)19-13-32(22-8-7-17(10-26)9-20(22)27)24-6-4-5-23(25(19)24)31-14-21(28-15-31)18-11-29-30(3)12-18/h4-9,11-16H,27H2,1-3H3. The number of rotatable bonds is 4. The van der Waals surface area contributed by atoms with Gasteiger partial charge in [0.2, 0.25) is 0 Å². The SMILES string of the molecule is CC(C)c1cn(-c2ccc(C#N)cc2N)c2cccc(-n3cnc(-c4cnn(C)c4)c3)c12. The van der Waals surface area contributed by atoms with Crippen molar-refractivity contribution in [3.05, 3.63) is 78.6 Å². The van der Waals surface area contributed by atoms with Crippen LogP contribution in [0.15, 0.2) is 67.5 Å². The van der Waals surface area contributed by atoms with E-state index in [4.69, 9.17) is 5.73 Å². The van der Waals surface area contributed by atoms with Gasteiger partial charge in [-0.05, 0) is 41.8 Å². The van der Waals surface area contributed by atoms with Crippen LogP contribution >= 0.6 is 0 Å². The fraction of sp³-hybridized carbons (Fsp3) is 0.160. The van der Waals surface area contributed by atoms with Crippen molar-refractivity contribution in [3.63, 3.8) is 0 Å². The maximum absolute atomic E-state index is 9.19. The average Bonchev–Trinajstić information content (AvgIpc) is 3.51. The summed E-state index contributed by atoms with van der Waals surface area (Å²) in [5.41, 5.74) is 13.5. The zero-order chi connectivity index (χ0) is 22.4. The molecule has 0 saturated carbocycles. The second kappa shape index (κ2) is 7.43. The van der Waals surface area contributed by atoms with Gasteiger partial charge >= 0.3 is 0 Å². The Balaban J connectivity index is 1.71. The summed E-state index contributed by atoms with van der Waals surface area (Å²) in [6, 6.07) is 13.8. The van der Waals surface area contributed by atoms with E-state index in [9.17, 15) is 5.26 Å². The molecule has 5 rings (SSSR count). The molecule has 3 aromatic heterocycles. The zero-order valence-corrected chi connectivity index (χ0v) is 18.2. The van der Waals surface area contributed by atoms with E-state index in [-0.39, 0.29) is 0 Å². The topological polar surface area (TPSA) is 90.4 Å². The number of fused-ring (bicyclic) bond motifs is 1. The Labute approximate surface area is 186 Å². The van der Waals surface area contributed by atoms with Gasteiger partial charge < -0.3 is 14.9 Å². The number of benzene rings is 2. The third-order valence-electron chi connectivity index (χ3n) is 5.74. The number of anilines is 1. The molecule has 0 aliphatic rings. The number of imidazole rings is 1. The van der Waals surface area contributed by atoms with Gasteiger partial charge in [-0.3, -0.25) is 4.68 Å².